The standard InChI is InChI=1S/C20H36N4O3S.C7H5NO4/c1-16(19(26)23-12-10-22(3)11-13-23)21-20(27)24(14-15-28-17(2)25)9-8-18-6-4-5-7-18;9-7(10)5-1-3-6(4-2-5)8(11)12/h16,18H,4-15H2,1-3H3,(H,21,27);1-4H,(H,9,10)/t16-;/m0./s1. The van der Waals surface area contributed by atoms with Crippen LogP contribution in [0.4, 0.5) is 10.5 Å². The predicted molar refractivity (Wildman–Crippen MR) is 153 cm³/mol. The fourth-order valence-electron chi connectivity index (χ4n) is 4.62. The largest absolute Gasteiger partial charge is 0.478 e. The van der Waals surface area contributed by atoms with E-state index in [-0.39, 0.29) is 28.3 Å². The summed E-state index contributed by atoms with van der Waals surface area (Å²) in [5.41, 5.74) is -0.0689. The van der Waals surface area contributed by atoms with Crippen LogP contribution in [0.2, 0.25) is 0 Å². The van der Waals surface area contributed by atoms with Gasteiger partial charge in [-0.3, -0.25) is 19.7 Å². The second kappa shape index (κ2) is 16.8. The number of thioether (sulfide) groups is 1. The molecule has 0 bridgehead atoms. The van der Waals surface area contributed by atoms with Gasteiger partial charge in [0.05, 0.1) is 10.5 Å². The smallest absolute Gasteiger partial charge is 0.335 e. The summed E-state index contributed by atoms with van der Waals surface area (Å²) in [5, 5.41) is 21.5. The first-order chi connectivity index (χ1) is 19.0. The third-order valence-electron chi connectivity index (χ3n) is 7.09. The van der Waals surface area contributed by atoms with Gasteiger partial charge < -0.3 is 25.1 Å². The molecule has 3 amide bonds. The Morgan fingerprint density at radius 2 is 1.70 bits per heavy atom. The molecule has 0 unspecified atom stereocenters. The Kier molecular flexibility index (Phi) is 13.9. The minimum Gasteiger partial charge on any atom is -0.478 e. The molecular weight excluding hydrogens is 538 g/mol. The number of amides is 3. The van der Waals surface area contributed by atoms with Gasteiger partial charge in [0.25, 0.3) is 5.69 Å². The quantitative estimate of drug-likeness (QED) is 0.314. The second-order valence-corrected chi connectivity index (χ2v) is 11.4. The number of urea groups is 1. The van der Waals surface area contributed by atoms with E-state index < -0.39 is 16.9 Å². The number of likely N-dealkylation sites (N-methyl/N-ethyl adjacent to an activating group) is 1. The topological polar surface area (TPSA) is 153 Å². The van der Waals surface area contributed by atoms with Gasteiger partial charge in [-0.1, -0.05) is 37.4 Å². The summed E-state index contributed by atoms with van der Waals surface area (Å²) in [5.74, 6) is 0.175. The van der Waals surface area contributed by atoms with Crippen molar-refractivity contribution in [2.24, 2.45) is 5.92 Å². The van der Waals surface area contributed by atoms with Crippen LogP contribution < -0.4 is 5.32 Å². The van der Waals surface area contributed by atoms with Gasteiger partial charge in [0.15, 0.2) is 5.12 Å². The van der Waals surface area contributed by atoms with Crippen LogP contribution in [0.25, 0.3) is 0 Å². The number of carbonyl (C=O) groups is 4. The van der Waals surface area contributed by atoms with Gasteiger partial charge in [-0.25, -0.2) is 9.59 Å². The van der Waals surface area contributed by atoms with E-state index in [2.05, 4.69) is 10.2 Å². The van der Waals surface area contributed by atoms with E-state index in [1.54, 1.807) is 18.7 Å². The molecule has 0 spiro atoms. The highest BCUT2D eigenvalue weighted by molar-refractivity contribution is 8.13. The molecule has 13 heteroatoms. The number of aromatic carboxylic acids is 1. The molecule has 1 aromatic carbocycles. The third-order valence-corrected chi connectivity index (χ3v) is 7.88. The van der Waals surface area contributed by atoms with Gasteiger partial charge in [0.2, 0.25) is 5.91 Å². The molecule has 1 aliphatic carbocycles. The number of rotatable bonds is 10. The molecule has 40 heavy (non-hydrogen) atoms. The Bertz CT molecular complexity index is 976. The van der Waals surface area contributed by atoms with Crippen LogP contribution in [0.3, 0.4) is 0 Å². The van der Waals surface area contributed by atoms with Crippen molar-refractivity contribution in [3.63, 3.8) is 0 Å². The fraction of sp³-hybridized carbons (Fsp3) is 0.630. The average Bonchev–Trinajstić information content (AvgIpc) is 3.44. The number of non-ortho nitro benzene ring substituents is 1. The zero-order valence-corrected chi connectivity index (χ0v) is 24.4. The van der Waals surface area contributed by atoms with Crippen LogP contribution in [-0.2, 0) is 9.59 Å². The monoisotopic (exact) mass is 579 g/mol. The van der Waals surface area contributed by atoms with Crippen molar-refractivity contribution in [3.05, 3.63) is 39.9 Å². The summed E-state index contributed by atoms with van der Waals surface area (Å²) < 4.78 is 0. The summed E-state index contributed by atoms with van der Waals surface area (Å²) >= 11 is 1.24. The van der Waals surface area contributed by atoms with E-state index in [0.29, 0.717) is 37.8 Å². The zero-order chi connectivity index (χ0) is 29.7. The number of hydrogen-bond donors (Lipinski definition) is 2. The molecular formula is C27H41N5O7S. The van der Waals surface area contributed by atoms with Gasteiger partial charge in [-0.15, -0.1) is 0 Å². The molecule has 1 aliphatic heterocycles. The van der Waals surface area contributed by atoms with Gasteiger partial charge in [-0.2, -0.15) is 0 Å². The van der Waals surface area contributed by atoms with Crippen molar-refractivity contribution in [3.8, 4) is 0 Å². The van der Waals surface area contributed by atoms with Gasteiger partial charge >= 0.3 is 12.0 Å². The van der Waals surface area contributed by atoms with E-state index in [9.17, 15) is 29.3 Å². The highest BCUT2D eigenvalue weighted by Crippen LogP contribution is 2.27. The van der Waals surface area contributed by atoms with Crippen molar-refractivity contribution in [1.29, 1.82) is 0 Å². The molecule has 3 rings (SSSR count). The van der Waals surface area contributed by atoms with Crippen molar-refractivity contribution in [2.75, 3.05) is 52.1 Å². The summed E-state index contributed by atoms with van der Waals surface area (Å²) in [4.78, 5) is 62.4. The first kappa shape index (κ1) is 33.0. The van der Waals surface area contributed by atoms with Crippen molar-refractivity contribution >= 4 is 40.5 Å². The third kappa shape index (κ3) is 11.5. The number of carbonyl (C=O) groups excluding carboxylic acids is 3. The van der Waals surface area contributed by atoms with E-state index in [1.165, 1.54) is 49.6 Å². The Morgan fingerprint density at radius 3 is 2.23 bits per heavy atom. The Hall–Kier alpha value is -3.19. The minimum absolute atomic E-state index is 0.0182. The van der Waals surface area contributed by atoms with Crippen LogP contribution in [0.15, 0.2) is 24.3 Å². The second-order valence-electron chi connectivity index (χ2n) is 10.2. The lowest BCUT2D eigenvalue weighted by Crippen LogP contribution is -2.55. The molecule has 1 heterocycles. The molecule has 2 fully saturated rings. The lowest BCUT2D eigenvalue weighted by atomic mass is 10.0. The van der Waals surface area contributed by atoms with Crippen LogP contribution >= 0.6 is 11.8 Å². The Balaban J connectivity index is 0.000000389. The molecule has 2 aliphatic rings. The number of carboxylic acids is 1. The van der Waals surface area contributed by atoms with Crippen molar-refractivity contribution in [2.45, 2.75) is 52.0 Å². The number of carboxylic acid groups (broad SMARTS) is 1. The zero-order valence-electron chi connectivity index (χ0n) is 23.5. The molecule has 0 aromatic heterocycles. The van der Waals surface area contributed by atoms with Crippen LogP contribution in [0.5, 0.6) is 0 Å². The molecule has 222 valence electrons. The van der Waals surface area contributed by atoms with Crippen LogP contribution in [0.1, 0.15) is 56.3 Å². The molecule has 1 saturated carbocycles. The molecule has 1 atom stereocenters. The number of hydrogen-bond acceptors (Lipinski definition) is 8. The maximum Gasteiger partial charge on any atom is 0.335 e. The van der Waals surface area contributed by atoms with Crippen molar-refractivity contribution < 1.29 is 29.2 Å². The highest BCUT2D eigenvalue weighted by atomic mass is 32.2. The van der Waals surface area contributed by atoms with E-state index in [4.69, 9.17) is 5.11 Å². The first-order valence-electron chi connectivity index (χ1n) is 13.6. The maximum absolute atomic E-state index is 12.8. The molecule has 12 nitrogen and oxygen atoms in total. The maximum atomic E-state index is 12.8. The summed E-state index contributed by atoms with van der Waals surface area (Å²) in [6.07, 6.45) is 6.06. The summed E-state index contributed by atoms with van der Waals surface area (Å²) in [6.45, 7) is 7.65. The van der Waals surface area contributed by atoms with Crippen LogP contribution in [-0.4, -0.2) is 106 Å². The Morgan fingerprint density at radius 1 is 1.10 bits per heavy atom. The Labute approximate surface area is 239 Å². The lowest BCUT2D eigenvalue weighted by Gasteiger charge is -2.34. The number of nitro benzene ring substituents is 1. The highest BCUT2D eigenvalue weighted by Gasteiger charge is 2.27. The van der Waals surface area contributed by atoms with Crippen LogP contribution in [0, 0.1) is 16.0 Å². The van der Waals surface area contributed by atoms with E-state index in [0.717, 1.165) is 31.6 Å². The number of nitrogens with zero attached hydrogens (tertiary/aromatic N) is 4. The number of nitrogens with one attached hydrogen (secondary N) is 1. The number of piperazine rings is 1. The van der Waals surface area contributed by atoms with Gasteiger partial charge in [0.1, 0.15) is 6.04 Å². The minimum atomic E-state index is -1.09. The first-order valence-corrected chi connectivity index (χ1v) is 14.6. The van der Waals surface area contributed by atoms with Gasteiger partial charge in [-0.05, 0) is 38.4 Å². The van der Waals surface area contributed by atoms with Crippen molar-refractivity contribution in [1.82, 2.24) is 20.0 Å². The number of nitro groups is 1. The molecule has 1 aromatic rings. The summed E-state index contributed by atoms with van der Waals surface area (Å²) in [7, 11) is 2.05. The van der Waals surface area contributed by atoms with E-state index in [1.807, 2.05) is 11.9 Å². The number of benzene rings is 1. The lowest BCUT2D eigenvalue weighted by molar-refractivity contribution is -0.384. The molecule has 2 N–H and O–H groups in total. The molecule has 1 saturated heterocycles. The average molecular weight is 580 g/mol. The normalized spacial score (nSPS) is 16.4. The van der Waals surface area contributed by atoms with Gasteiger partial charge in [0, 0.05) is 64.1 Å². The van der Waals surface area contributed by atoms with E-state index >= 15 is 0 Å². The molecule has 0 radical (unpaired) electrons. The fourth-order valence-corrected chi connectivity index (χ4v) is 5.22. The summed E-state index contributed by atoms with van der Waals surface area (Å²) in [6, 6.07) is 3.97. The SMILES string of the molecule is CC(=O)SCCN(CCC1CCCC1)C(=O)N[C@@H](C)C(=O)N1CCN(C)CC1.O=C(O)c1ccc([N+](=O)[O-])cc1. The predicted octanol–water partition coefficient (Wildman–Crippen LogP) is 3.31.